The topological polar surface area (TPSA) is 85.2 Å². The summed E-state index contributed by atoms with van der Waals surface area (Å²) in [5.74, 6) is 0.920. The van der Waals surface area contributed by atoms with E-state index in [-0.39, 0.29) is 11.7 Å². The summed E-state index contributed by atoms with van der Waals surface area (Å²) in [6, 6.07) is 17.9. The van der Waals surface area contributed by atoms with E-state index < -0.39 is 0 Å². The minimum absolute atomic E-state index is 0.0914. The van der Waals surface area contributed by atoms with E-state index in [0.717, 1.165) is 70.8 Å². The molecule has 8 nitrogen and oxygen atoms in total. The zero-order chi connectivity index (χ0) is 24.2. The summed E-state index contributed by atoms with van der Waals surface area (Å²) in [6.07, 6.45) is 0. The Morgan fingerprint density at radius 1 is 1.03 bits per heavy atom. The number of ether oxygens (including phenoxy) is 1. The van der Waals surface area contributed by atoms with Crippen molar-refractivity contribution in [1.82, 2.24) is 24.6 Å². The van der Waals surface area contributed by atoms with E-state index in [1.165, 1.54) is 11.8 Å². The molecule has 2 aromatic carbocycles. The summed E-state index contributed by atoms with van der Waals surface area (Å²) in [5.41, 5.74) is 4.28. The van der Waals surface area contributed by atoms with Crippen molar-refractivity contribution < 1.29 is 9.53 Å². The van der Waals surface area contributed by atoms with E-state index >= 15 is 0 Å². The van der Waals surface area contributed by atoms with E-state index in [1.54, 1.807) is 0 Å². The highest BCUT2D eigenvalue weighted by Crippen LogP contribution is 2.27. The quantitative estimate of drug-likeness (QED) is 0.311. The molecule has 0 spiro atoms. The Kier molecular flexibility index (Phi) is 7.08. The van der Waals surface area contributed by atoms with Crippen LogP contribution in [-0.4, -0.2) is 62.6 Å². The van der Waals surface area contributed by atoms with Crippen molar-refractivity contribution in [2.24, 2.45) is 0 Å². The predicted octanol–water partition coefficient (Wildman–Crippen LogP) is 4.00. The summed E-state index contributed by atoms with van der Waals surface area (Å²) in [7, 11) is 0. The van der Waals surface area contributed by atoms with Crippen LogP contribution in [0, 0.1) is 13.8 Å². The van der Waals surface area contributed by atoms with Crippen molar-refractivity contribution in [2.75, 3.05) is 37.4 Å². The second kappa shape index (κ2) is 10.6. The molecule has 35 heavy (non-hydrogen) atoms. The highest BCUT2D eigenvalue weighted by Gasteiger charge is 2.18. The van der Waals surface area contributed by atoms with Gasteiger partial charge in [0.15, 0.2) is 0 Å². The van der Waals surface area contributed by atoms with Gasteiger partial charge in [0, 0.05) is 18.5 Å². The molecular formula is C26H28N6O2S. The Morgan fingerprint density at radius 2 is 1.77 bits per heavy atom. The highest BCUT2D eigenvalue weighted by atomic mass is 32.2. The molecule has 1 N–H and O–H groups in total. The molecule has 180 valence electrons. The smallest absolute Gasteiger partial charge is 0.234 e. The maximum Gasteiger partial charge on any atom is 0.234 e. The van der Waals surface area contributed by atoms with Crippen molar-refractivity contribution in [3.63, 3.8) is 0 Å². The van der Waals surface area contributed by atoms with Crippen molar-refractivity contribution in [3.8, 4) is 5.69 Å². The van der Waals surface area contributed by atoms with Crippen LogP contribution in [-0.2, 0) is 16.1 Å². The number of fused-ring (bicyclic) bond motifs is 1. The number of morpholine rings is 1. The van der Waals surface area contributed by atoms with Crippen LogP contribution in [0.5, 0.6) is 0 Å². The van der Waals surface area contributed by atoms with Gasteiger partial charge in [-0.3, -0.25) is 9.69 Å². The molecule has 0 radical (unpaired) electrons. The molecule has 0 aliphatic carbocycles. The maximum absolute atomic E-state index is 12.9. The second-order valence-electron chi connectivity index (χ2n) is 8.48. The van der Waals surface area contributed by atoms with Gasteiger partial charge in [0.1, 0.15) is 10.9 Å². The van der Waals surface area contributed by atoms with Gasteiger partial charge in [0.25, 0.3) is 0 Å². The van der Waals surface area contributed by atoms with Gasteiger partial charge >= 0.3 is 0 Å². The van der Waals surface area contributed by atoms with E-state index in [4.69, 9.17) is 14.7 Å². The number of hydrogen-bond donors (Lipinski definition) is 1. The molecule has 2 aromatic heterocycles. The molecule has 5 rings (SSSR count). The number of nitrogens with one attached hydrogen (secondary N) is 1. The van der Waals surface area contributed by atoms with Crippen LogP contribution in [0.4, 0.5) is 5.69 Å². The van der Waals surface area contributed by atoms with Gasteiger partial charge in [-0.25, -0.2) is 14.6 Å². The lowest BCUT2D eigenvalue weighted by Gasteiger charge is -2.25. The van der Waals surface area contributed by atoms with Gasteiger partial charge < -0.3 is 10.1 Å². The Bertz CT molecular complexity index is 1330. The number of aryl methyl sites for hydroxylation is 1. The molecule has 9 heteroatoms. The first kappa shape index (κ1) is 23.5. The largest absolute Gasteiger partial charge is 0.379 e. The van der Waals surface area contributed by atoms with Gasteiger partial charge in [0.2, 0.25) is 5.91 Å². The predicted molar refractivity (Wildman–Crippen MR) is 138 cm³/mol. The Morgan fingerprint density at radius 3 is 2.57 bits per heavy atom. The average molecular weight is 489 g/mol. The van der Waals surface area contributed by atoms with Crippen molar-refractivity contribution >= 4 is 34.3 Å². The van der Waals surface area contributed by atoms with Crippen molar-refractivity contribution in [3.05, 3.63) is 71.8 Å². The number of aromatic nitrogens is 4. The van der Waals surface area contributed by atoms with E-state index in [1.807, 2.05) is 73.1 Å². The van der Waals surface area contributed by atoms with Gasteiger partial charge in [-0.15, -0.1) is 0 Å². The number of para-hydroxylation sites is 2. The number of nitrogens with zero attached hydrogens (tertiary/aromatic N) is 5. The number of anilines is 1. The first-order valence-corrected chi connectivity index (χ1v) is 12.7. The summed E-state index contributed by atoms with van der Waals surface area (Å²) >= 11 is 1.43. The Hall–Kier alpha value is -3.27. The molecule has 1 fully saturated rings. The standard InChI is InChI=1S/C26H28N6O2S/c1-18-25(19(2)32(30-18)20-8-4-3-5-9-20)29-24(33)17-35-26-21-10-6-7-11-22(21)27-23(28-26)16-31-12-14-34-15-13-31/h3-11H,12-17H2,1-2H3,(H,29,33). The minimum atomic E-state index is -0.0914. The number of thioether (sulfide) groups is 1. The molecule has 1 saturated heterocycles. The van der Waals surface area contributed by atoms with Crippen molar-refractivity contribution in [1.29, 1.82) is 0 Å². The Labute approximate surface area is 208 Å². The second-order valence-corrected chi connectivity index (χ2v) is 9.44. The molecule has 4 aromatic rings. The average Bonchev–Trinajstić information content (AvgIpc) is 3.16. The number of rotatable bonds is 7. The molecule has 0 unspecified atom stereocenters. The van der Waals surface area contributed by atoms with Crippen LogP contribution >= 0.6 is 11.8 Å². The van der Waals surface area contributed by atoms with Crippen LogP contribution < -0.4 is 5.32 Å². The van der Waals surface area contributed by atoms with Crippen LogP contribution in [0.25, 0.3) is 16.6 Å². The molecule has 0 atom stereocenters. The lowest BCUT2D eigenvalue weighted by molar-refractivity contribution is -0.113. The molecule has 0 bridgehead atoms. The fourth-order valence-electron chi connectivity index (χ4n) is 4.19. The number of hydrogen-bond acceptors (Lipinski definition) is 7. The first-order valence-electron chi connectivity index (χ1n) is 11.7. The van der Waals surface area contributed by atoms with E-state index in [0.29, 0.717) is 6.54 Å². The highest BCUT2D eigenvalue weighted by molar-refractivity contribution is 8.00. The summed E-state index contributed by atoms with van der Waals surface area (Å²) < 4.78 is 7.31. The third-order valence-electron chi connectivity index (χ3n) is 5.98. The molecule has 3 heterocycles. The lowest BCUT2D eigenvalue weighted by Crippen LogP contribution is -2.36. The molecule has 1 aliphatic heterocycles. The van der Waals surface area contributed by atoms with Crippen LogP contribution in [0.3, 0.4) is 0 Å². The number of carbonyl (C=O) groups excluding carboxylic acids is 1. The SMILES string of the molecule is Cc1nn(-c2ccccc2)c(C)c1NC(=O)CSc1nc(CN2CCOCC2)nc2ccccc12. The van der Waals surface area contributed by atoms with E-state index in [2.05, 4.69) is 15.3 Å². The van der Waals surface area contributed by atoms with Gasteiger partial charge in [0.05, 0.1) is 53.8 Å². The summed E-state index contributed by atoms with van der Waals surface area (Å²) in [5, 5.41) is 9.46. The monoisotopic (exact) mass is 488 g/mol. The zero-order valence-corrected chi connectivity index (χ0v) is 20.7. The lowest BCUT2D eigenvalue weighted by atomic mass is 10.2. The van der Waals surface area contributed by atoms with Crippen molar-refractivity contribution in [2.45, 2.75) is 25.4 Å². The fourth-order valence-corrected chi connectivity index (χ4v) is 5.03. The van der Waals surface area contributed by atoms with Gasteiger partial charge in [-0.05, 0) is 32.0 Å². The van der Waals surface area contributed by atoms with Crippen LogP contribution in [0.1, 0.15) is 17.2 Å². The third kappa shape index (κ3) is 5.37. The maximum atomic E-state index is 12.9. The number of carbonyl (C=O) groups is 1. The number of benzene rings is 2. The first-order chi connectivity index (χ1) is 17.1. The molecular weight excluding hydrogens is 460 g/mol. The summed E-state index contributed by atoms with van der Waals surface area (Å²) in [6.45, 7) is 7.75. The fraction of sp³-hybridized carbons (Fsp3) is 0.308. The van der Waals surface area contributed by atoms with Gasteiger partial charge in [-0.2, -0.15) is 5.10 Å². The minimum Gasteiger partial charge on any atom is -0.379 e. The zero-order valence-electron chi connectivity index (χ0n) is 19.9. The third-order valence-corrected chi connectivity index (χ3v) is 6.97. The normalized spacial score (nSPS) is 14.3. The van der Waals surface area contributed by atoms with Crippen LogP contribution in [0.2, 0.25) is 0 Å². The molecule has 1 amide bonds. The van der Waals surface area contributed by atoms with E-state index in [9.17, 15) is 4.79 Å². The molecule has 1 aliphatic rings. The summed E-state index contributed by atoms with van der Waals surface area (Å²) in [4.78, 5) is 24.8. The van der Waals surface area contributed by atoms with Gasteiger partial charge in [-0.1, -0.05) is 48.2 Å². The Balaban J connectivity index is 1.31. The number of amides is 1. The molecule has 0 saturated carbocycles. The van der Waals surface area contributed by atoms with Crippen LogP contribution in [0.15, 0.2) is 59.6 Å².